The lowest BCUT2D eigenvalue weighted by Crippen LogP contribution is -2.59. The van der Waals surface area contributed by atoms with Crippen molar-refractivity contribution in [1.82, 2.24) is 20.7 Å². The van der Waals surface area contributed by atoms with Crippen molar-refractivity contribution >= 4 is 5.96 Å². The maximum Gasteiger partial charge on any atom is 0.191 e. The molecule has 2 N–H and O–H groups in total. The molecule has 24 heavy (non-hydrogen) atoms. The fourth-order valence-electron chi connectivity index (χ4n) is 4.15. The second-order valence-corrected chi connectivity index (χ2v) is 7.10. The van der Waals surface area contributed by atoms with E-state index < -0.39 is 0 Å². The largest absolute Gasteiger partial charge is 0.364 e. The standard InChI is InChI=1S/C18H31N5O/c1-19-17(20-14-16-8-13-24-22-16)21-15-18(9-4-2-5-10-18)23-11-6-3-7-12-23/h8,13H,2-7,9-12,14-15H2,1H3,(H2,19,20,21). The Kier molecular flexibility index (Phi) is 6.12. The molecule has 1 aromatic heterocycles. The molecule has 134 valence electrons. The first-order valence-electron chi connectivity index (χ1n) is 9.41. The third kappa shape index (κ3) is 4.29. The van der Waals surface area contributed by atoms with Gasteiger partial charge in [-0.1, -0.05) is 30.8 Å². The summed E-state index contributed by atoms with van der Waals surface area (Å²) in [5.41, 5.74) is 1.20. The summed E-state index contributed by atoms with van der Waals surface area (Å²) < 4.78 is 4.87. The maximum atomic E-state index is 4.87. The van der Waals surface area contributed by atoms with E-state index in [4.69, 9.17) is 4.52 Å². The normalized spacial score (nSPS) is 22.3. The van der Waals surface area contributed by atoms with E-state index in [0.717, 1.165) is 18.2 Å². The van der Waals surface area contributed by atoms with Crippen LogP contribution in [0.2, 0.25) is 0 Å². The summed E-state index contributed by atoms with van der Waals surface area (Å²) >= 11 is 0. The highest BCUT2D eigenvalue weighted by atomic mass is 16.5. The number of rotatable bonds is 5. The summed E-state index contributed by atoms with van der Waals surface area (Å²) in [6, 6.07) is 1.87. The van der Waals surface area contributed by atoms with Gasteiger partial charge in [0.1, 0.15) is 12.0 Å². The molecule has 2 aliphatic rings. The average Bonchev–Trinajstić information content (AvgIpc) is 3.17. The fourth-order valence-corrected chi connectivity index (χ4v) is 4.15. The van der Waals surface area contributed by atoms with Crippen LogP contribution >= 0.6 is 0 Å². The van der Waals surface area contributed by atoms with E-state index in [0.29, 0.717) is 12.1 Å². The second kappa shape index (κ2) is 8.51. The number of nitrogens with zero attached hydrogens (tertiary/aromatic N) is 3. The highest BCUT2D eigenvalue weighted by molar-refractivity contribution is 5.79. The summed E-state index contributed by atoms with van der Waals surface area (Å²) in [6.45, 7) is 4.12. The monoisotopic (exact) mass is 333 g/mol. The molecule has 0 amide bonds. The van der Waals surface area contributed by atoms with E-state index in [1.54, 1.807) is 6.26 Å². The van der Waals surface area contributed by atoms with Crippen LogP contribution < -0.4 is 10.6 Å². The number of aromatic nitrogens is 1. The van der Waals surface area contributed by atoms with Crippen LogP contribution in [-0.2, 0) is 6.54 Å². The van der Waals surface area contributed by atoms with Crippen molar-refractivity contribution in [2.24, 2.45) is 4.99 Å². The molecule has 0 aromatic carbocycles. The van der Waals surface area contributed by atoms with Gasteiger partial charge < -0.3 is 15.2 Å². The first kappa shape index (κ1) is 17.3. The third-order valence-electron chi connectivity index (χ3n) is 5.55. The minimum Gasteiger partial charge on any atom is -0.364 e. The van der Waals surface area contributed by atoms with E-state index in [2.05, 4.69) is 25.7 Å². The Morgan fingerprint density at radius 1 is 1.17 bits per heavy atom. The summed E-state index contributed by atoms with van der Waals surface area (Å²) in [5.74, 6) is 0.847. The van der Waals surface area contributed by atoms with E-state index in [9.17, 15) is 0 Å². The number of hydrogen-bond acceptors (Lipinski definition) is 4. The molecular weight excluding hydrogens is 302 g/mol. The van der Waals surface area contributed by atoms with Crippen LogP contribution in [0.15, 0.2) is 21.8 Å². The highest BCUT2D eigenvalue weighted by Gasteiger charge is 2.38. The fraction of sp³-hybridized carbons (Fsp3) is 0.778. The van der Waals surface area contributed by atoms with Gasteiger partial charge in [-0.05, 0) is 38.8 Å². The lowest BCUT2D eigenvalue weighted by Gasteiger charge is -2.48. The van der Waals surface area contributed by atoms with E-state index in [1.165, 1.54) is 64.5 Å². The average molecular weight is 333 g/mol. The van der Waals surface area contributed by atoms with Crippen LogP contribution in [0.1, 0.15) is 57.1 Å². The second-order valence-electron chi connectivity index (χ2n) is 7.10. The zero-order valence-electron chi connectivity index (χ0n) is 14.9. The molecule has 0 atom stereocenters. The van der Waals surface area contributed by atoms with Crippen LogP contribution in [0.3, 0.4) is 0 Å². The van der Waals surface area contributed by atoms with Gasteiger partial charge in [0, 0.05) is 25.2 Å². The Morgan fingerprint density at radius 2 is 1.92 bits per heavy atom. The van der Waals surface area contributed by atoms with Gasteiger partial charge in [0.05, 0.1) is 6.54 Å². The van der Waals surface area contributed by atoms with E-state index in [-0.39, 0.29) is 0 Å². The SMILES string of the molecule is CN=C(NCc1ccon1)NCC1(N2CCCCC2)CCCCC1. The van der Waals surface area contributed by atoms with Gasteiger partial charge in [0.15, 0.2) is 5.96 Å². The van der Waals surface area contributed by atoms with Gasteiger partial charge in [-0.3, -0.25) is 9.89 Å². The van der Waals surface area contributed by atoms with Crippen molar-refractivity contribution in [2.75, 3.05) is 26.7 Å². The predicted molar refractivity (Wildman–Crippen MR) is 95.9 cm³/mol. The highest BCUT2D eigenvalue weighted by Crippen LogP contribution is 2.35. The van der Waals surface area contributed by atoms with Gasteiger partial charge in [-0.25, -0.2) is 0 Å². The molecule has 3 rings (SSSR count). The van der Waals surface area contributed by atoms with Gasteiger partial charge in [0.25, 0.3) is 0 Å². The van der Waals surface area contributed by atoms with Crippen molar-refractivity contribution in [3.05, 3.63) is 18.0 Å². The Bertz CT molecular complexity index is 501. The number of guanidine groups is 1. The molecule has 0 unspecified atom stereocenters. The topological polar surface area (TPSA) is 65.7 Å². The van der Waals surface area contributed by atoms with Gasteiger partial charge in [-0.2, -0.15) is 0 Å². The zero-order valence-corrected chi connectivity index (χ0v) is 14.9. The maximum absolute atomic E-state index is 4.87. The van der Waals surface area contributed by atoms with Gasteiger partial charge in [-0.15, -0.1) is 0 Å². The van der Waals surface area contributed by atoms with E-state index >= 15 is 0 Å². The molecule has 0 spiro atoms. The molecule has 0 radical (unpaired) electrons. The van der Waals surface area contributed by atoms with Gasteiger partial charge >= 0.3 is 0 Å². The Morgan fingerprint density at radius 3 is 2.58 bits per heavy atom. The third-order valence-corrected chi connectivity index (χ3v) is 5.55. The summed E-state index contributed by atoms with van der Waals surface area (Å²) in [5, 5.41) is 10.8. The molecule has 2 heterocycles. The molecular formula is C18H31N5O. The zero-order chi connectivity index (χ0) is 16.7. The van der Waals surface area contributed by atoms with Crippen LogP contribution in [-0.4, -0.2) is 48.2 Å². The Balaban J connectivity index is 1.57. The van der Waals surface area contributed by atoms with Crippen molar-refractivity contribution in [2.45, 2.75) is 63.5 Å². The molecule has 0 bridgehead atoms. The minimum atomic E-state index is 0.310. The van der Waals surface area contributed by atoms with Crippen molar-refractivity contribution < 1.29 is 4.52 Å². The summed E-state index contributed by atoms with van der Waals surface area (Å²) in [6.07, 6.45) is 12.4. The molecule has 1 aromatic rings. The Labute approximate surface area is 145 Å². The summed E-state index contributed by atoms with van der Waals surface area (Å²) in [7, 11) is 1.83. The lowest BCUT2D eigenvalue weighted by atomic mass is 9.79. The van der Waals surface area contributed by atoms with Crippen LogP contribution in [0, 0.1) is 0 Å². The number of likely N-dealkylation sites (tertiary alicyclic amines) is 1. The molecule has 1 aliphatic heterocycles. The van der Waals surface area contributed by atoms with Gasteiger partial charge in [0.2, 0.25) is 0 Å². The predicted octanol–water partition coefficient (Wildman–Crippen LogP) is 2.53. The Hall–Kier alpha value is -1.56. The summed E-state index contributed by atoms with van der Waals surface area (Å²) in [4.78, 5) is 7.12. The molecule has 6 heteroatoms. The quantitative estimate of drug-likeness (QED) is 0.640. The van der Waals surface area contributed by atoms with Crippen LogP contribution in [0.4, 0.5) is 0 Å². The van der Waals surface area contributed by atoms with Crippen LogP contribution in [0.25, 0.3) is 0 Å². The first-order valence-corrected chi connectivity index (χ1v) is 9.41. The van der Waals surface area contributed by atoms with E-state index in [1.807, 2.05) is 13.1 Å². The smallest absolute Gasteiger partial charge is 0.191 e. The van der Waals surface area contributed by atoms with Crippen molar-refractivity contribution in [3.8, 4) is 0 Å². The first-order chi connectivity index (χ1) is 11.8. The lowest BCUT2D eigenvalue weighted by molar-refractivity contribution is 0.0368. The number of piperidine rings is 1. The molecule has 2 fully saturated rings. The van der Waals surface area contributed by atoms with Crippen LogP contribution in [0.5, 0.6) is 0 Å². The number of hydrogen-bond donors (Lipinski definition) is 2. The minimum absolute atomic E-state index is 0.310. The molecule has 1 saturated carbocycles. The molecule has 6 nitrogen and oxygen atoms in total. The van der Waals surface area contributed by atoms with Crippen molar-refractivity contribution in [3.63, 3.8) is 0 Å². The molecule has 1 aliphatic carbocycles. The molecule has 1 saturated heterocycles. The van der Waals surface area contributed by atoms with Crippen molar-refractivity contribution in [1.29, 1.82) is 0 Å². The number of aliphatic imine (C=N–C) groups is 1. The number of nitrogens with one attached hydrogen (secondary N) is 2.